The summed E-state index contributed by atoms with van der Waals surface area (Å²) in [6, 6.07) is 15.1. The molecule has 1 atom stereocenters. The number of nitrogens with zero attached hydrogens (tertiary/aromatic N) is 2. The molecule has 1 saturated heterocycles. The van der Waals surface area contributed by atoms with Gasteiger partial charge in [0.05, 0.1) is 4.90 Å². The van der Waals surface area contributed by atoms with Crippen molar-refractivity contribution in [1.82, 2.24) is 20.1 Å². The van der Waals surface area contributed by atoms with Gasteiger partial charge in [0.1, 0.15) is 0 Å². The Kier molecular flexibility index (Phi) is 5.53. The molecule has 3 heterocycles. The zero-order chi connectivity index (χ0) is 22.3. The minimum atomic E-state index is -3.26. The molecule has 1 fully saturated rings. The van der Waals surface area contributed by atoms with Gasteiger partial charge in [-0.25, -0.2) is 8.42 Å². The zero-order valence-electron chi connectivity index (χ0n) is 18.2. The molecule has 0 aliphatic carbocycles. The zero-order valence-corrected chi connectivity index (χ0v) is 19.0. The molecule has 8 heteroatoms. The number of sulfone groups is 1. The minimum absolute atomic E-state index is 0.176. The molecule has 0 saturated carbocycles. The van der Waals surface area contributed by atoms with Crippen LogP contribution in [0.15, 0.2) is 53.4 Å². The third-order valence-electron chi connectivity index (χ3n) is 6.65. The fraction of sp³-hybridized carbons (Fsp3) is 0.375. The van der Waals surface area contributed by atoms with E-state index < -0.39 is 9.84 Å². The van der Waals surface area contributed by atoms with Crippen LogP contribution in [0.4, 0.5) is 0 Å². The Labute approximate surface area is 188 Å². The lowest BCUT2D eigenvalue weighted by atomic mass is 9.95. The Morgan fingerprint density at radius 2 is 1.91 bits per heavy atom. The summed E-state index contributed by atoms with van der Waals surface area (Å²) in [5.41, 5.74) is 4.50. The minimum Gasteiger partial charge on any atom is -0.357 e. The number of aromatic nitrogens is 1. The molecule has 0 spiro atoms. The van der Waals surface area contributed by atoms with Gasteiger partial charge in [-0.2, -0.15) is 0 Å². The second-order valence-corrected chi connectivity index (χ2v) is 10.8. The van der Waals surface area contributed by atoms with E-state index in [1.807, 2.05) is 0 Å². The van der Waals surface area contributed by atoms with Crippen LogP contribution < -0.4 is 5.32 Å². The lowest BCUT2D eigenvalue weighted by Crippen LogP contribution is -2.56. The van der Waals surface area contributed by atoms with Crippen molar-refractivity contribution in [2.45, 2.75) is 23.9 Å². The Morgan fingerprint density at radius 3 is 2.69 bits per heavy atom. The monoisotopic (exact) mass is 452 g/mol. The van der Waals surface area contributed by atoms with E-state index in [0.717, 1.165) is 45.4 Å². The van der Waals surface area contributed by atoms with Crippen molar-refractivity contribution in [3.8, 4) is 0 Å². The molecule has 1 amide bonds. The summed E-state index contributed by atoms with van der Waals surface area (Å²) in [6.45, 7) is 5.36. The van der Waals surface area contributed by atoms with Crippen LogP contribution in [0.3, 0.4) is 0 Å². The van der Waals surface area contributed by atoms with E-state index in [1.165, 1.54) is 34.3 Å². The third kappa shape index (κ3) is 4.18. The van der Waals surface area contributed by atoms with Crippen molar-refractivity contribution in [3.05, 3.63) is 65.4 Å². The summed E-state index contributed by atoms with van der Waals surface area (Å²) < 4.78 is 23.1. The lowest BCUT2D eigenvalue weighted by Gasteiger charge is -2.44. The van der Waals surface area contributed by atoms with Gasteiger partial charge in [0.25, 0.3) is 5.91 Å². The molecule has 168 valence electrons. The molecule has 2 aromatic carbocycles. The van der Waals surface area contributed by atoms with Crippen molar-refractivity contribution in [2.24, 2.45) is 0 Å². The number of rotatable bonds is 5. The molecule has 1 unspecified atom stereocenters. The summed E-state index contributed by atoms with van der Waals surface area (Å²) >= 11 is 0. The summed E-state index contributed by atoms with van der Waals surface area (Å²) in [5, 5.41) is 4.30. The fourth-order valence-electron chi connectivity index (χ4n) is 4.91. The molecule has 3 aromatic rings. The Bertz CT molecular complexity index is 1250. The first-order valence-corrected chi connectivity index (χ1v) is 12.9. The molecule has 1 aromatic heterocycles. The highest BCUT2D eigenvalue weighted by Crippen LogP contribution is 2.31. The predicted molar refractivity (Wildman–Crippen MR) is 125 cm³/mol. The SMILES string of the molecule is CS(=O)(=O)c1ccc(C(=O)NCCN2CCN3Cc4[nH]c5ccccc5c4CC3C2)cc1. The number of benzene rings is 2. The van der Waals surface area contributed by atoms with E-state index in [9.17, 15) is 13.2 Å². The van der Waals surface area contributed by atoms with Gasteiger partial charge in [-0.15, -0.1) is 0 Å². The summed E-state index contributed by atoms with van der Waals surface area (Å²) in [4.78, 5) is 21.2. The number of amides is 1. The van der Waals surface area contributed by atoms with E-state index >= 15 is 0 Å². The first-order valence-electron chi connectivity index (χ1n) is 11.0. The van der Waals surface area contributed by atoms with Crippen molar-refractivity contribution < 1.29 is 13.2 Å². The predicted octanol–water partition coefficient (Wildman–Crippen LogP) is 2.04. The van der Waals surface area contributed by atoms with Gasteiger partial charge in [-0.3, -0.25) is 14.6 Å². The first-order chi connectivity index (χ1) is 15.4. The standard InChI is InChI=1S/C24H28N4O3S/c1-32(30,31)19-8-6-17(7-9-19)24(29)25-10-11-27-12-13-28-16-23-21(14-18(28)15-27)20-4-2-3-5-22(20)26-23/h2-9,18,26H,10-16H2,1H3,(H,25,29). The lowest BCUT2D eigenvalue weighted by molar-refractivity contribution is 0.0600. The van der Waals surface area contributed by atoms with Gasteiger partial charge in [0.15, 0.2) is 9.84 Å². The average Bonchev–Trinajstić information content (AvgIpc) is 3.14. The number of fused-ring (bicyclic) bond motifs is 4. The largest absolute Gasteiger partial charge is 0.357 e. The second kappa shape index (κ2) is 8.35. The average molecular weight is 453 g/mol. The number of carbonyl (C=O) groups is 1. The number of para-hydroxylation sites is 1. The molecule has 5 rings (SSSR count). The van der Waals surface area contributed by atoms with Crippen LogP contribution in [0.1, 0.15) is 21.6 Å². The Morgan fingerprint density at radius 1 is 1.12 bits per heavy atom. The van der Waals surface area contributed by atoms with E-state index in [2.05, 4.69) is 44.4 Å². The quantitative estimate of drug-likeness (QED) is 0.619. The molecule has 0 bridgehead atoms. The van der Waals surface area contributed by atoms with Gasteiger partial charge < -0.3 is 10.3 Å². The second-order valence-electron chi connectivity index (χ2n) is 8.81. The van der Waals surface area contributed by atoms with E-state index in [-0.39, 0.29) is 10.8 Å². The maximum Gasteiger partial charge on any atom is 0.251 e. The molecular weight excluding hydrogens is 424 g/mol. The molecular formula is C24H28N4O3S. The number of piperazine rings is 1. The van der Waals surface area contributed by atoms with Crippen LogP contribution >= 0.6 is 0 Å². The van der Waals surface area contributed by atoms with Gasteiger partial charge in [0, 0.05) is 73.7 Å². The van der Waals surface area contributed by atoms with Gasteiger partial charge in [-0.05, 0) is 42.3 Å². The summed E-state index contributed by atoms with van der Waals surface area (Å²) in [5.74, 6) is -0.176. The van der Waals surface area contributed by atoms with Crippen molar-refractivity contribution in [2.75, 3.05) is 39.0 Å². The highest BCUT2D eigenvalue weighted by molar-refractivity contribution is 7.90. The van der Waals surface area contributed by atoms with Crippen molar-refractivity contribution in [1.29, 1.82) is 0 Å². The number of hydrogen-bond acceptors (Lipinski definition) is 5. The van der Waals surface area contributed by atoms with Crippen LogP contribution in [-0.2, 0) is 22.8 Å². The van der Waals surface area contributed by atoms with E-state index in [0.29, 0.717) is 18.2 Å². The highest BCUT2D eigenvalue weighted by Gasteiger charge is 2.33. The van der Waals surface area contributed by atoms with Gasteiger partial charge in [0.2, 0.25) is 0 Å². The third-order valence-corrected chi connectivity index (χ3v) is 7.78. The van der Waals surface area contributed by atoms with Crippen LogP contribution in [0.2, 0.25) is 0 Å². The number of hydrogen-bond donors (Lipinski definition) is 2. The number of H-pyrrole nitrogens is 1. The van der Waals surface area contributed by atoms with Crippen LogP contribution in [0.5, 0.6) is 0 Å². The molecule has 32 heavy (non-hydrogen) atoms. The Balaban J connectivity index is 1.16. The van der Waals surface area contributed by atoms with E-state index in [4.69, 9.17) is 0 Å². The van der Waals surface area contributed by atoms with Crippen LogP contribution in [0, 0.1) is 0 Å². The molecule has 0 radical (unpaired) electrons. The fourth-order valence-corrected chi connectivity index (χ4v) is 5.54. The number of carbonyl (C=O) groups excluding carboxylic acids is 1. The maximum absolute atomic E-state index is 12.4. The topological polar surface area (TPSA) is 85.5 Å². The van der Waals surface area contributed by atoms with Gasteiger partial charge >= 0.3 is 0 Å². The first kappa shape index (κ1) is 21.2. The maximum atomic E-state index is 12.4. The highest BCUT2D eigenvalue weighted by atomic mass is 32.2. The van der Waals surface area contributed by atoms with E-state index in [1.54, 1.807) is 12.1 Å². The number of aromatic amines is 1. The molecule has 7 nitrogen and oxygen atoms in total. The van der Waals surface area contributed by atoms with Gasteiger partial charge in [-0.1, -0.05) is 18.2 Å². The summed E-state index contributed by atoms with van der Waals surface area (Å²) in [6.07, 6.45) is 2.21. The molecule has 2 aliphatic rings. The Hall–Kier alpha value is -2.68. The van der Waals surface area contributed by atoms with Crippen LogP contribution in [-0.4, -0.2) is 74.1 Å². The number of nitrogens with one attached hydrogen (secondary N) is 2. The summed E-state index contributed by atoms with van der Waals surface area (Å²) in [7, 11) is -3.26. The van der Waals surface area contributed by atoms with Crippen molar-refractivity contribution >= 4 is 26.6 Å². The smallest absolute Gasteiger partial charge is 0.251 e. The molecule has 2 N–H and O–H groups in total. The van der Waals surface area contributed by atoms with Crippen molar-refractivity contribution in [3.63, 3.8) is 0 Å². The van der Waals surface area contributed by atoms with Crippen LogP contribution in [0.25, 0.3) is 10.9 Å². The molecule has 2 aliphatic heterocycles. The normalized spacial score (nSPS) is 19.5.